The molecule has 1 aliphatic heterocycles. The summed E-state index contributed by atoms with van der Waals surface area (Å²) in [6.07, 6.45) is 2.98. The van der Waals surface area contributed by atoms with E-state index in [1.165, 1.54) is 11.3 Å². The SMILES string of the molecule is CN(C)Cc1ncc2c(n1)CCNC2. The first-order valence-electron chi connectivity index (χ1n) is 4.95. The van der Waals surface area contributed by atoms with Crippen LogP contribution in [0.4, 0.5) is 0 Å². The minimum absolute atomic E-state index is 0.820. The second-order valence-electron chi connectivity index (χ2n) is 3.92. The van der Waals surface area contributed by atoms with Crippen molar-refractivity contribution in [1.82, 2.24) is 20.2 Å². The summed E-state index contributed by atoms with van der Waals surface area (Å²) in [7, 11) is 4.06. The Morgan fingerprint density at radius 3 is 3.14 bits per heavy atom. The van der Waals surface area contributed by atoms with Gasteiger partial charge in [-0.05, 0) is 14.1 Å². The summed E-state index contributed by atoms with van der Waals surface area (Å²) in [4.78, 5) is 11.0. The van der Waals surface area contributed by atoms with E-state index in [1.54, 1.807) is 0 Å². The molecule has 1 aromatic heterocycles. The van der Waals surface area contributed by atoms with Gasteiger partial charge in [0.2, 0.25) is 0 Å². The van der Waals surface area contributed by atoms with Crippen LogP contribution in [-0.2, 0) is 19.5 Å². The number of rotatable bonds is 2. The van der Waals surface area contributed by atoms with Crippen LogP contribution in [0.15, 0.2) is 6.20 Å². The minimum Gasteiger partial charge on any atom is -0.312 e. The monoisotopic (exact) mass is 192 g/mol. The van der Waals surface area contributed by atoms with E-state index in [-0.39, 0.29) is 0 Å². The first-order chi connectivity index (χ1) is 6.75. The predicted octanol–water partition coefficient (Wildman–Crippen LogP) is 0.184. The first kappa shape index (κ1) is 9.55. The van der Waals surface area contributed by atoms with Gasteiger partial charge >= 0.3 is 0 Å². The Balaban J connectivity index is 2.20. The molecule has 0 saturated heterocycles. The van der Waals surface area contributed by atoms with Crippen molar-refractivity contribution in [2.24, 2.45) is 0 Å². The molecule has 0 atom stereocenters. The van der Waals surface area contributed by atoms with Gasteiger partial charge in [-0.2, -0.15) is 0 Å². The van der Waals surface area contributed by atoms with Crippen LogP contribution in [0.2, 0.25) is 0 Å². The molecule has 0 spiro atoms. The fourth-order valence-electron chi connectivity index (χ4n) is 1.64. The lowest BCUT2D eigenvalue weighted by Crippen LogP contribution is -2.26. The highest BCUT2D eigenvalue weighted by Gasteiger charge is 2.11. The molecular weight excluding hydrogens is 176 g/mol. The van der Waals surface area contributed by atoms with Crippen LogP contribution in [0.5, 0.6) is 0 Å². The summed E-state index contributed by atoms with van der Waals surface area (Å²) in [5.74, 6) is 0.927. The zero-order valence-electron chi connectivity index (χ0n) is 8.75. The summed E-state index contributed by atoms with van der Waals surface area (Å²) < 4.78 is 0. The molecule has 14 heavy (non-hydrogen) atoms. The standard InChI is InChI=1S/C10H16N4/c1-14(2)7-10-12-6-8-5-11-4-3-9(8)13-10/h6,11H,3-5,7H2,1-2H3. The highest BCUT2D eigenvalue weighted by molar-refractivity contribution is 5.20. The fraction of sp³-hybridized carbons (Fsp3) is 0.600. The highest BCUT2D eigenvalue weighted by Crippen LogP contribution is 2.10. The Labute approximate surface area is 84.4 Å². The van der Waals surface area contributed by atoms with Gasteiger partial charge in [0.25, 0.3) is 0 Å². The lowest BCUT2D eigenvalue weighted by Gasteiger charge is -2.17. The number of fused-ring (bicyclic) bond motifs is 1. The van der Waals surface area contributed by atoms with Gasteiger partial charge in [0, 0.05) is 37.0 Å². The van der Waals surface area contributed by atoms with Crippen molar-refractivity contribution in [1.29, 1.82) is 0 Å². The molecule has 1 N–H and O–H groups in total. The maximum atomic E-state index is 4.56. The Hall–Kier alpha value is -1.00. The van der Waals surface area contributed by atoms with E-state index in [9.17, 15) is 0 Å². The van der Waals surface area contributed by atoms with E-state index in [4.69, 9.17) is 0 Å². The third kappa shape index (κ3) is 2.08. The van der Waals surface area contributed by atoms with Crippen molar-refractivity contribution in [3.05, 3.63) is 23.3 Å². The largest absolute Gasteiger partial charge is 0.312 e. The molecule has 4 nitrogen and oxygen atoms in total. The van der Waals surface area contributed by atoms with Crippen molar-refractivity contribution in [2.75, 3.05) is 20.6 Å². The van der Waals surface area contributed by atoms with Crippen LogP contribution in [0.1, 0.15) is 17.1 Å². The number of hydrogen-bond acceptors (Lipinski definition) is 4. The number of hydrogen-bond donors (Lipinski definition) is 1. The van der Waals surface area contributed by atoms with Gasteiger partial charge in [-0.25, -0.2) is 9.97 Å². The van der Waals surface area contributed by atoms with Crippen LogP contribution >= 0.6 is 0 Å². The molecule has 0 amide bonds. The Morgan fingerprint density at radius 2 is 2.36 bits per heavy atom. The molecule has 0 aromatic carbocycles. The minimum atomic E-state index is 0.820. The van der Waals surface area contributed by atoms with Crippen molar-refractivity contribution in [3.8, 4) is 0 Å². The van der Waals surface area contributed by atoms with Crippen molar-refractivity contribution >= 4 is 0 Å². The molecule has 0 radical (unpaired) electrons. The summed E-state index contributed by atoms with van der Waals surface area (Å²) in [5, 5.41) is 3.31. The summed E-state index contributed by atoms with van der Waals surface area (Å²) in [6.45, 7) is 2.77. The molecule has 2 heterocycles. The van der Waals surface area contributed by atoms with Crippen molar-refractivity contribution in [3.63, 3.8) is 0 Å². The molecule has 76 valence electrons. The summed E-state index contributed by atoms with van der Waals surface area (Å²) >= 11 is 0. The molecule has 0 bridgehead atoms. The number of aromatic nitrogens is 2. The normalized spacial score (nSPS) is 15.6. The van der Waals surface area contributed by atoms with Crippen molar-refractivity contribution in [2.45, 2.75) is 19.5 Å². The van der Waals surface area contributed by atoms with E-state index >= 15 is 0 Å². The average Bonchev–Trinajstić information content (AvgIpc) is 2.17. The van der Waals surface area contributed by atoms with Crippen LogP contribution in [-0.4, -0.2) is 35.5 Å². The second kappa shape index (κ2) is 4.02. The van der Waals surface area contributed by atoms with Gasteiger partial charge in [0.1, 0.15) is 5.82 Å². The average molecular weight is 192 g/mol. The Morgan fingerprint density at radius 1 is 1.50 bits per heavy atom. The zero-order chi connectivity index (χ0) is 9.97. The maximum absolute atomic E-state index is 4.56. The second-order valence-corrected chi connectivity index (χ2v) is 3.92. The van der Waals surface area contributed by atoms with Crippen LogP contribution in [0.25, 0.3) is 0 Å². The van der Waals surface area contributed by atoms with Gasteiger partial charge in [0.15, 0.2) is 0 Å². The molecule has 2 rings (SSSR count). The Bertz CT molecular complexity index is 322. The Kier molecular flexibility index (Phi) is 2.74. The smallest absolute Gasteiger partial charge is 0.142 e. The van der Waals surface area contributed by atoms with Gasteiger partial charge in [-0.15, -0.1) is 0 Å². The third-order valence-electron chi connectivity index (χ3n) is 2.32. The quantitative estimate of drug-likeness (QED) is 0.726. The van der Waals surface area contributed by atoms with Crippen LogP contribution < -0.4 is 5.32 Å². The van der Waals surface area contributed by atoms with Gasteiger partial charge in [0.05, 0.1) is 6.54 Å². The highest BCUT2D eigenvalue weighted by atomic mass is 15.1. The van der Waals surface area contributed by atoms with Crippen LogP contribution in [0.3, 0.4) is 0 Å². The third-order valence-corrected chi connectivity index (χ3v) is 2.32. The van der Waals surface area contributed by atoms with Crippen molar-refractivity contribution < 1.29 is 0 Å². The maximum Gasteiger partial charge on any atom is 0.142 e. The zero-order valence-corrected chi connectivity index (χ0v) is 8.75. The van der Waals surface area contributed by atoms with E-state index in [1.807, 2.05) is 20.3 Å². The van der Waals surface area contributed by atoms with Crippen LogP contribution in [0, 0.1) is 0 Å². The van der Waals surface area contributed by atoms with E-state index < -0.39 is 0 Å². The number of nitrogens with zero attached hydrogens (tertiary/aromatic N) is 3. The van der Waals surface area contributed by atoms with Gasteiger partial charge in [-0.3, -0.25) is 0 Å². The van der Waals surface area contributed by atoms with E-state index in [0.29, 0.717) is 0 Å². The van der Waals surface area contributed by atoms with E-state index in [0.717, 1.165) is 31.9 Å². The summed E-state index contributed by atoms with van der Waals surface area (Å²) in [6, 6.07) is 0. The molecule has 0 unspecified atom stereocenters. The topological polar surface area (TPSA) is 41.1 Å². The number of nitrogens with one attached hydrogen (secondary N) is 1. The summed E-state index contributed by atoms with van der Waals surface area (Å²) in [5.41, 5.74) is 2.47. The molecule has 0 saturated carbocycles. The molecule has 1 aromatic rings. The van der Waals surface area contributed by atoms with E-state index in [2.05, 4.69) is 20.2 Å². The lowest BCUT2D eigenvalue weighted by atomic mass is 10.1. The first-order valence-corrected chi connectivity index (χ1v) is 4.95. The molecule has 0 fully saturated rings. The fourth-order valence-corrected chi connectivity index (χ4v) is 1.64. The van der Waals surface area contributed by atoms with Gasteiger partial charge in [-0.1, -0.05) is 0 Å². The molecule has 4 heteroatoms. The molecule has 1 aliphatic rings. The lowest BCUT2D eigenvalue weighted by molar-refractivity contribution is 0.388. The van der Waals surface area contributed by atoms with Gasteiger partial charge < -0.3 is 10.2 Å². The molecule has 0 aliphatic carbocycles. The predicted molar refractivity (Wildman–Crippen MR) is 54.8 cm³/mol. The molecular formula is C10H16N4.